The number of esters is 2. The summed E-state index contributed by atoms with van der Waals surface area (Å²) in [5.74, 6) is -0.804. The lowest BCUT2D eigenvalue weighted by Crippen LogP contribution is -2.31. The molecule has 0 fully saturated rings. The second-order valence-electron chi connectivity index (χ2n) is 6.81. The number of rotatable bonds is 17. The largest absolute Gasteiger partial charge is 0.469 e. The number of unbranched alkanes of at least 4 members (excludes halogenated alkanes) is 7. The summed E-state index contributed by atoms with van der Waals surface area (Å²) < 4.78 is 9.89. The first-order chi connectivity index (χ1) is 13.0. The SMILES string of the molecule is CCCCCC(OC(=O)CCl)C(O)C/C=C/CCCCCCCC(=O)OC. The smallest absolute Gasteiger partial charge is 0.321 e. The summed E-state index contributed by atoms with van der Waals surface area (Å²) >= 11 is 5.50. The van der Waals surface area contributed by atoms with Gasteiger partial charge in [-0.2, -0.15) is 0 Å². The standard InChI is InChI=1S/C21H37ClO5/c1-3-4-11-15-19(27-21(25)17-22)18(23)14-12-9-7-5-6-8-10-13-16-20(24)26-2/h9,12,18-19,23H,3-8,10-11,13-17H2,1-2H3/b12-9+. The Morgan fingerprint density at radius 1 is 1.00 bits per heavy atom. The van der Waals surface area contributed by atoms with Crippen LogP contribution in [0.4, 0.5) is 0 Å². The van der Waals surface area contributed by atoms with Gasteiger partial charge in [0, 0.05) is 6.42 Å². The molecule has 0 aromatic rings. The Balaban J connectivity index is 3.90. The topological polar surface area (TPSA) is 72.8 Å². The van der Waals surface area contributed by atoms with Crippen molar-refractivity contribution in [3.05, 3.63) is 12.2 Å². The van der Waals surface area contributed by atoms with Crippen LogP contribution in [-0.4, -0.2) is 42.2 Å². The number of halogens is 1. The molecule has 0 radical (unpaired) electrons. The molecule has 158 valence electrons. The zero-order valence-corrected chi connectivity index (χ0v) is 17.7. The maximum absolute atomic E-state index is 11.4. The molecule has 0 heterocycles. The fraction of sp³-hybridized carbons (Fsp3) is 0.810. The number of allylic oxidation sites excluding steroid dienone is 1. The number of carbonyl (C=O) groups is 2. The van der Waals surface area contributed by atoms with Crippen molar-refractivity contribution in [3.63, 3.8) is 0 Å². The molecule has 6 heteroatoms. The van der Waals surface area contributed by atoms with Crippen LogP contribution in [0, 0.1) is 0 Å². The van der Waals surface area contributed by atoms with Gasteiger partial charge in [0.25, 0.3) is 0 Å². The number of hydrogen-bond acceptors (Lipinski definition) is 5. The van der Waals surface area contributed by atoms with Crippen LogP contribution < -0.4 is 0 Å². The minimum Gasteiger partial charge on any atom is -0.469 e. The third kappa shape index (κ3) is 15.7. The number of carbonyl (C=O) groups excluding carboxylic acids is 2. The lowest BCUT2D eigenvalue weighted by molar-refractivity contribution is -0.152. The molecule has 0 saturated carbocycles. The Kier molecular flexibility index (Phi) is 17.6. The third-order valence-electron chi connectivity index (χ3n) is 4.44. The molecule has 2 atom stereocenters. The van der Waals surface area contributed by atoms with Crippen molar-refractivity contribution in [1.82, 2.24) is 0 Å². The first-order valence-corrected chi connectivity index (χ1v) is 10.7. The maximum Gasteiger partial charge on any atom is 0.321 e. The van der Waals surface area contributed by atoms with Crippen molar-refractivity contribution >= 4 is 23.5 Å². The minimum atomic E-state index is -0.691. The molecule has 0 aliphatic carbocycles. The number of methoxy groups -OCH3 is 1. The van der Waals surface area contributed by atoms with Crippen LogP contribution in [0.1, 0.15) is 84.0 Å². The van der Waals surface area contributed by atoms with Crippen molar-refractivity contribution in [2.45, 2.75) is 96.2 Å². The molecule has 0 aliphatic heterocycles. The van der Waals surface area contributed by atoms with Crippen LogP contribution in [0.15, 0.2) is 12.2 Å². The molecule has 1 N–H and O–H groups in total. The Morgan fingerprint density at radius 2 is 1.70 bits per heavy atom. The van der Waals surface area contributed by atoms with E-state index in [0.29, 0.717) is 19.3 Å². The molecule has 0 aromatic heterocycles. The van der Waals surface area contributed by atoms with E-state index in [1.165, 1.54) is 7.11 Å². The number of aliphatic hydroxyl groups is 1. The Bertz CT molecular complexity index is 411. The van der Waals surface area contributed by atoms with Crippen LogP contribution in [0.5, 0.6) is 0 Å². The second-order valence-corrected chi connectivity index (χ2v) is 7.08. The molecule has 0 saturated heterocycles. The zero-order chi connectivity index (χ0) is 20.3. The molecule has 0 amide bonds. The highest BCUT2D eigenvalue weighted by molar-refractivity contribution is 6.26. The van der Waals surface area contributed by atoms with Crippen LogP contribution in [0.25, 0.3) is 0 Å². The lowest BCUT2D eigenvalue weighted by atomic mass is 10.0. The van der Waals surface area contributed by atoms with Gasteiger partial charge in [0.15, 0.2) is 0 Å². The van der Waals surface area contributed by atoms with Crippen molar-refractivity contribution in [1.29, 1.82) is 0 Å². The van der Waals surface area contributed by atoms with Crippen LogP contribution >= 0.6 is 11.6 Å². The molecule has 0 spiro atoms. The first-order valence-electron chi connectivity index (χ1n) is 10.2. The van der Waals surface area contributed by atoms with Crippen LogP contribution in [0.3, 0.4) is 0 Å². The predicted octanol–water partition coefficient (Wildman–Crippen LogP) is 4.93. The predicted molar refractivity (Wildman–Crippen MR) is 109 cm³/mol. The Morgan fingerprint density at radius 3 is 2.37 bits per heavy atom. The van der Waals surface area contributed by atoms with Crippen LogP contribution in [0.2, 0.25) is 0 Å². The minimum absolute atomic E-state index is 0.138. The van der Waals surface area contributed by atoms with E-state index >= 15 is 0 Å². The molecule has 0 aromatic carbocycles. The van der Waals surface area contributed by atoms with Gasteiger partial charge in [-0.25, -0.2) is 0 Å². The average molecular weight is 405 g/mol. The third-order valence-corrected chi connectivity index (χ3v) is 4.66. The van der Waals surface area contributed by atoms with E-state index in [-0.39, 0.29) is 11.8 Å². The number of aliphatic hydroxyl groups excluding tert-OH is 1. The molecule has 2 unspecified atom stereocenters. The summed E-state index contributed by atoms with van der Waals surface area (Å²) in [7, 11) is 1.42. The van der Waals surface area contributed by atoms with Crippen molar-refractivity contribution < 1.29 is 24.2 Å². The van der Waals surface area contributed by atoms with Crippen molar-refractivity contribution in [2.24, 2.45) is 0 Å². The molecular formula is C21H37ClO5. The molecule has 0 bridgehead atoms. The average Bonchev–Trinajstić information content (AvgIpc) is 2.67. The van der Waals surface area contributed by atoms with Gasteiger partial charge in [0.2, 0.25) is 0 Å². The Hall–Kier alpha value is -1.07. The van der Waals surface area contributed by atoms with Gasteiger partial charge >= 0.3 is 11.9 Å². The molecule has 0 aliphatic rings. The van der Waals surface area contributed by atoms with Crippen molar-refractivity contribution in [2.75, 3.05) is 13.0 Å². The number of ether oxygens (including phenoxy) is 2. The molecule has 0 rings (SSSR count). The summed E-state index contributed by atoms with van der Waals surface area (Å²) in [5, 5.41) is 10.3. The van der Waals surface area contributed by atoms with Gasteiger partial charge < -0.3 is 14.6 Å². The van der Waals surface area contributed by atoms with E-state index in [1.54, 1.807) is 0 Å². The first kappa shape index (κ1) is 25.9. The molecule has 5 nitrogen and oxygen atoms in total. The summed E-state index contributed by atoms with van der Waals surface area (Å²) in [6, 6.07) is 0. The van der Waals surface area contributed by atoms with Gasteiger partial charge in [-0.3, -0.25) is 9.59 Å². The fourth-order valence-corrected chi connectivity index (χ4v) is 2.86. The van der Waals surface area contributed by atoms with E-state index in [0.717, 1.165) is 57.8 Å². The van der Waals surface area contributed by atoms with Crippen molar-refractivity contribution in [3.8, 4) is 0 Å². The van der Waals surface area contributed by atoms with E-state index in [9.17, 15) is 14.7 Å². The number of alkyl halides is 1. The van der Waals surface area contributed by atoms with Gasteiger partial charge in [-0.15, -0.1) is 11.6 Å². The fourth-order valence-electron chi connectivity index (χ4n) is 2.79. The van der Waals surface area contributed by atoms with Crippen LogP contribution in [-0.2, 0) is 19.1 Å². The van der Waals surface area contributed by atoms with Gasteiger partial charge in [-0.1, -0.05) is 51.2 Å². The summed E-state index contributed by atoms with van der Waals surface area (Å²) in [6.45, 7) is 2.11. The second kappa shape index (κ2) is 18.3. The van der Waals surface area contributed by atoms with E-state index in [4.69, 9.17) is 16.3 Å². The van der Waals surface area contributed by atoms with E-state index in [1.807, 2.05) is 6.08 Å². The zero-order valence-electron chi connectivity index (χ0n) is 17.0. The van der Waals surface area contributed by atoms with Gasteiger partial charge in [0.05, 0.1) is 13.2 Å². The monoisotopic (exact) mass is 404 g/mol. The molecular weight excluding hydrogens is 368 g/mol. The summed E-state index contributed by atoms with van der Waals surface area (Å²) in [6.07, 6.45) is 13.8. The quantitative estimate of drug-likeness (QED) is 0.161. The summed E-state index contributed by atoms with van der Waals surface area (Å²) in [4.78, 5) is 22.4. The summed E-state index contributed by atoms with van der Waals surface area (Å²) in [5.41, 5.74) is 0. The van der Waals surface area contributed by atoms with Gasteiger partial charge in [-0.05, 0) is 38.5 Å². The highest BCUT2D eigenvalue weighted by Crippen LogP contribution is 2.15. The highest BCUT2D eigenvalue weighted by atomic mass is 35.5. The normalized spacial score (nSPS) is 13.5. The molecule has 27 heavy (non-hydrogen) atoms. The maximum atomic E-state index is 11.4. The Labute approximate surface area is 169 Å². The van der Waals surface area contributed by atoms with E-state index in [2.05, 4.69) is 17.7 Å². The highest BCUT2D eigenvalue weighted by Gasteiger charge is 2.21. The lowest BCUT2D eigenvalue weighted by Gasteiger charge is -2.22. The van der Waals surface area contributed by atoms with Gasteiger partial charge in [0.1, 0.15) is 12.0 Å². The van der Waals surface area contributed by atoms with E-state index < -0.39 is 18.2 Å². The number of hydrogen-bond donors (Lipinski definition) is 1.